The smallest absolute Gasteiger partial charge is 0.223 e. The van der Waals surface area contributed by atoms with Gasteiger partial charge in [0.25, 0.3) is 0 Å². The number of thioether (sulfide) groups is 1. The highest BCUT2D eigenvalue weighted by atomic mass is 32.2. The molecule has 0 aromatic heterocycles. The van der Waals surface area contributed by atoms with Crippen molar-refractivity contribution in [3.63, 3.8) is 0 Å². The molecule has 0 atom stereocenters. The summed E-state index contributed by atoms with van der Waals surface area (Å²) < 4.78 is 0. The zero-order valence-corrected chi connectivity index (χ0v) is 11.3. The number of aromatic hydroxyl groups is 2. The molecule has 2 aromatic rings. The highest BCUT2D eigenvalue weighted by Gasteiger charge is 2.08. The Kier molecular flexibility index (Phi) is 4.12. The van der Waals surface area contributed by atoms with Gasteiger partial charge in [-0.2, -0.15) is 0 Å². The molecule has 2 N–H and O–H groups in total. The summed E-state index contributed by atoms with van der Waals surface area (Å²) in [5.41, 5.74) is 0.781. The average Bonchev–Trinajstić information content (AvgIpc) is 2.47. The van der Waals surface area contributed by atoms with E-state index < -0.39 is 5.43 Å². The van der Waals surface area contributed by atoms with Crippen LogP contribution in [0.4, 0.5) is 0 Å². The van der Waals surface area contributed by atoms with E-state index in [4.69, 9.17) is 0 Å². The number of rotatable bonds is 3. The van der Waals surface area contributed by atoms with E-state index in [0.29, 0.717) is 16.9 Å². The molecule has 0 aliphatic carbocycles. The van der Waals surface area contributed by atoms with Crippen LogP contribution in [-0.2, 0) is 5.75 Å². The van der Waals surface area contributed by atoms with E-state index in [-0.39, 0.29) is 11.5 Å². The van der Waals surface area contributed by atoms with Crippen LogP contribution in [0.5, 0.6) is 11.5 Å². The van der Waals surface area contributed by atoms with Crippen LogP contribution in [0, 0.1) is 6.92 Å². The molecule has 2 aromatic carbocycles. The molecule has 0 radical (unpaired) electrons. The maximum absolute atomic E-state index is 11.4. The molecule has 98 valence electrons. The predicted molar refractivity (Wildman–Crippen MR) is 76.8 cm³/mol. The first kappa shape index (κ1) is 13.5. The van der Waals surface area contributed by atoms with Gasteiger partial charge in [-0.25, -0.2) is 0 Å². The summed E-state index contributed by atoms with van der Waals surface area (Å²) in [7, 11) is 0. The minimum absolute atomic E-state index is 0.0776. The standard InChI is InChI=1S/C15H14O3S/c1-10-7-14(17)15(18)8-13(16)12(10)9-19-11-5-3-2-4-6-11/h2-8,16H,9H2,1H3,(H,17,18). The van der Waals surface area contributed by atoms with Crippen LogP contribution in [0.3, 0.4) is 0 Å². The Hall–Kier alpha value is -1.94. The molecule has 0 unspecified atom stereocenters. The molecule has 0 spiro atoms. The van der Waals surface area contributed by atoms with Crippen molar-refractivity contribution in [3.05, 3.63) is 63.8 Å². The molecule has 0 aliphatic rings. The molecule has 0 amide bonds. The van der Waals surface area contributed by atoms with Gasteiger partial charge in [-0.05, 0) is 30.7 Å². The first-order chi connectivity index (χ1) is 9.08. The second kappa shape index (κ2) is 5.80. The fourth-order valence-electron chi connectivity index (χ4n) is 1.71. The van der Waals surface area contributed by atoms with Crippen molar-refractivity contribution in [2.45, 2.75) is 17.6 Å². The fraction of sp³-hybridized carbons (Fsp3) is 0.133. The maximum Gasteiger partial charge on any atom is 0.223 e. The van der Waals surface area contributed by atoms with Gasteiger partial charge in [-0.1, -0.05) is 18.2 Å². The Bertz CT molecular complexity index is 639. The molecule has 0 saturated carbocycles. The van der Waals surface area contributed by atoms with Gasteiger partial charge in [0.2, 0.25) is 5.43 Å². The van der Waals surface area contributed by atoms with E-state index in [1.165, 1.54) is 6.07 Å². The highest BCUT2D eigenvalue weighted by Crippen LogP contribution is 2.29. The molecule has 4 heteroatoms. The van der Waals surface area contributed by atoms with E-state index in [1.807, 2.05) is 30.3 Å². The van der Waals surface area contributed by atoms with Crippen LogP contribution in [0.15, 0.2) is 52.2 Å². The first-order valence-electron chi connectivity index (χ1n) is 5.81. The van der Waals surface area contributed by atoms with Gasteiger partial charge >= 0.3 is 0 Å². The number of hydrogen-bond donors (Lipinski definition) is 2. The zero-order valence-electron chi connectivity index (χ0n) is 10.5. The SMILES string of the molecule is Cc1cc(O)c(=O)cc(O)c1CSc1ccccc1. The molecule has 0 fully saturated rings. The topological polar surface area (TPSA) is 57.5 Å². The maximum atomic E-state index is 11.4. The number of aryl methyl sites for hydroxylation is 1. The monoisotopic (exact) mass is 274 g/mol. The summed E-state index contributed by atoms with van der Waals surface area (Å²) in [4.78, 5) is 12.5. The summed E-state index contributed by atoms with van der Waals surface area (Å²) in [6.07, 6.45) is 0. The van der Waals surface area contributed by atoms with Crippen LogP contribution in [0.25, 0.3) is 0 Å². The van der Waals surface area contributed by atoms with Gasteiger partial charge in [0.05, 0.1) is 0 Å². The van der Waals surface area contributed by atoms with Crippen LogP contribution in [-0.4, -0.2) is 10.2 Å². The molecule has 0 bridgehead atoms. The van der Waals surface area contributed by atoms with Gasteiger partial charge in [0, 0.05) is 22.3 Å². The zero-order chi connectivity index (χ0) is 13.8. The minimum atomic E-state index is -0.573. The average molecular weight is 274 g/mol. The number of hydrogen-bond acceptors (Lipinski definition) is 4. The molecule has 3 nitrogen and oxygen atoms in total. The summed E-state index contributed by atoms with van der Waals surface area (Å²) in [5, 5.41) is 19.4. The van der Waals surface area contributed by atoms with Crippen molar-refractivity contribution in [3.8, 4) is 11.5 Å². The minimum Gasteiger partial charge on any atom is -0.507 e. The summed E-state index contributed by atoms with van der Waals surface area (Å²) in [6, 6.07) is 12.2. The van der Waals surface area contributed by atoms with Crippen LogP contribution in [0.2, 0.25) is 0 Å². The Balaban J connectivity index is 2.31. The molecule has 19 heavy (non-hydrogen) atoms. The van der Waals surface area contributed by atoms with E-state index in [0.717, 1.165) is 11.0 Å². The normalized spacial score (nSPS) is 10.4. The third kappa shape index (κ3) is 3.29. The van der Waals surface area contributed by atoms with Crippen LogP contribution in [0.1, 0.15) is 11.1 Å². The van der Waals surface area contributed by atoms with Crippen molar-refractivity contribution in [1.29, 1.82) is 0 Å². The first-order valence-corrected chi connectivity index (χ1v) is 6.80. The molecule has 0 aliphatic heterocycles. The van der Waals surface area contributed by atoms with Crippen molar-refractivity contribution in [2.24, 2.45) is 0 Å². The van der Waals surface area contributed by atoms with Gasteiger partial charge in [0.1, 0.15) is 5.75 Å². The lowest BCUT2D eigenvalue weighted by Crippen LogP contribution is -1.92. The Morgan fingerprint density at radius 1 is 1.05 bits per heavy atom. The second-order valence-corrected chi connectivity index (χ2v) is 5.24. The summed E-state index contributed by atoms with van der Waals surface area (Å²) in [5.74, 6) is 0.116. The second-order valence-electron chi connectivity index (χ2n) is 4.19. The predicted octanol–water partition coefficient (Wildman–Crippen LogP) is 3.06. The third-order valence-electron chi connectivity index (χ3n) is 2.79. The molecular formula is C15H14O3S. The Morgan fingerprint density at radius 3 is 2.42 bits per heavy atom. The van der Waals surface area contributed by atoms with E-state index in [1.54, 1.807) is 18.7 Å². The molecular weight excluding hydrogens is 260 g/mol. The highest BCUT2D eigenvalue weighted by molar-refractivity contribution is 7.98. The molecule has 0 heterocycles. The van der Waals surface area contributed by atoms with E-state index >= 15 is 0 Å². The Morgan fingerprint density at radius 2 is 1.74 bits per heavy atom. The lowest BCUT2D eigenvalue weighted by molar-refractivity contribution is 0.464. The summed E-state index contributed by atoms with van der Waals surface area (Å²) >= 11 is 1.57. The van der Waals surface area contributed by atoms with Crippen molar-refractivity contribution in [2.75, 3.05) is 0 Å². The lowest BCUT2D eigenvalue weighted by Gasteiger charge is -2.04. The van der Waals surface area contributed by atoms with E-state index in [2.05, 4.69) is 0 Å². The lowest BCUT2D eigenvalue weighted by atomic mass is 10.2. The van der Waals surface area contributed by atoms with Gasteiger partial charge in [0.15, 0.2) is 5.75 Å². The van der Waals surface area contributed by atoms with Gasteiger partial charge in [-0.3, -0.25) is 4.79 Å². The van der Waals surface area contributed by atoms with Crippen molar-refractivity contribution >= 4 is 11.8 Å². The largest absolute Gasteiger partial charge is 0.507 e. The van der Waals surface area contributed by atoms with E-state index in [9.17, 15) is 15.0 Å². The van der Waals surface area contributed by atoms with Crippen molar-refractivity contribution < 1.29 is 10.2 Å². The molecule has 2 rings (SSSR count). The number of benzene rings is 1. The Labute approximate surface area is 115 Å². The fourth-order valence-corrected chi connectivity index (χ4v) is 2.75. The van der Waals surface area contributed by atoms with Gasteiger partial charge in [-0.15, -0.1) is 11.8 Å². The summed E-state index contributed by atoms with van der Waals surface area (Å²) in [6.45, 7) is 1.76. The van der Waals surface area contributed by atoms with Crippen molar-refractivity contribution in [1.82, 2.24) is 0 Å². The quantitative estimate of drug-likeness (QED) is 0.845. The van der Waals surface area contributed by atoms with Crippen LogP contribution >= 0.6 is 11.8 Å². The van der Waals surface area contributed by atoms with Crippen LogP contribution < -0.4 is 5.43 Å². The van der Waals surface area contributed by atoms with Gasteiger partial charge < -0.3 is 10.2 Å². The third-order valence-corrected chi connectivity index (χ3v) is 3.82. The molecule has 0 saturated heterocycles.